The lowest BCUT2D eigenvalue weighted by Gasteiger charge is -2.32. The molecule has 0 aromatic carbocycles. The number of amides is 1. The summed E-state index contributed by atoms with van der Waals surface area (Å²) >= 11 is 1.55. The van der Waals surface area contributed by atoms with Crippen molar-refractivity contribution in [2.24, 2.45) is 5.73 Å². The first-order chi connectivity index (χ1) is 8.12. The highest BCUT2D eigenvalue weighted by Crippen LogP contribution is 2.27. The van der Waals surface area contributed by atoms with E-state index < -0.39 is 5.54 Å². The van der Waals surface area contributed by atoms with E-state index in [2.05, 4.69) is 10.3 Å². The van der Waals surface area contributed by atoms with Crippen molar-refractivity contribution in [2.75, 3.05) is 0 Å². The SMILES string of the molecule is CC(NC(=O)C1(N)CCCCC1)c1nccs1. The first-order valence-corrected chi connectivity index (χ1v) is 6.99. The molecule has 1 aliphatic carbocycles. The number of nitrogens with one attached hydrogen (secondary N) is 1. The highest BCUT2D eigenvalue weighted by Gasteiger charge is 2.35. The number of nitrogens with two attached hydrogens (primary N) is 1. The van der Waals surface area contributed by atoms with Gasteiger partial charge < -0.3 is 11.1 Å². The Morgan fingerprint density at radius 1 is 1.53 bits per heavy atom. The molecule has 17 heavy (non-hydrogen) atoms. The number of rotatable bonds is 3. The predicted octanol–water partition coefficient (Wildman–Crippen LogP) is 1.98. The van der Waals surface area contributed by atoms with Crippen LogP contribution in [0.4, 0.5) is 0 Å². The van der Waals surface area contributed by atoms with Crippen LogP contribution in [0.5, 0.6) is 0 Å². The van der Waals surface area contributed by atoms with Crippen molar-refractivity contribution < 1.29 is 4.79 Å². The van der Waals surface area contributed by atoms with Crippen molar-refractivity contribution in [2.45, 2.75) is 50.6 Å². The Balaban J connectivity index is 1.96. The summed E-state index contributed by atoms with van der Waals surface area (Å²) in [7, 11) is 0. The number of nitrogens with zero attached hydrogens (tertiary/aromatic N) is 1. The lowest BCUT2D eigenvalue weighted by atomic mass is 9.82. The van der Waals surface area contributed by atoms with E-state index in [0.717, 1.165) is 30.7 Å². The second-order valence-corrected chi connectivity index (χ2v) is 5.71. The van der Waals surface area contributed by atoms with E-state index >= 15 is 0 Å². The summed E-state index contributed by atoms with van der Waals surface area (Å²) in [5, 5.41) is 5.82. The van der Waals surface area contributed by atoms with Crippen LogP contribution < -0.4 is 11.1 Å². The standard InChI is InChI=1S/C12H19N3OS/c1-9(10-14-7-8-17-10)15-11(16)12(13)5-3-2-4-6-12/h7-9H,2-6,13H2,1H3,(H,15,16). The molecule has 94 valence electrons. The number of aromatic nitrogens is 1. The average molecular weight is 253 g/mol. The van der Waals surface area contributed by atoms with Crippen LogP contribution in [0, 0.1) is 0 Å². The Bertz CT molecular complexity index is 371. The number of carbonyl (C=O) groups excluding carboxylic acids is 1. The number of carbonyl (C=O) groups is 1. The fraction of sp³-hybridized carbons (Fsp3) is 0.667. The molecular weight excluding hydrogens is 234 g/mol. The molecule has 1 saturated carbocycles. The quantitative estimate of drug-likeness (QED) is 0.865. The minimum Gasteiger partial charge on any atom is -0.346 e. The Kier molecular flexibility index (Phi) is 3.79. The molecule has 0 aliphatic heterocycles. The lowest BCUT2D eigenvalue weighted by Crippen LogP contribution is -2.55. The third-order valence-electron chi connectivity index (χ3n) is 3.37. The van der Waals surface area contributed by atoms with Crippen molar-refractivity contribution in [3.8, 4) is 0 Å². The summed E-state index contributed by atoms with van der Waals surface area (Å²) in [6.45, 7) is 1.95. The molecule has 0 saturated heterocycles. The summed E-state index contributed by atoms with van der Waals surface area (Å²) in [5.74, 6) is -0.0279. The number of hydrogen-bond donors (Lipinski definition) is 2. The molecule has 1 atom stereocenters. The van der Waals surface area contributed by atoms with Gasteiger partial charge >= 0.3 is 0 Å². The molecule has 1 aliphatic rings. The first kappa shape index (κ1) is 12.5. The van der Waals surface area contributed by atoms with Gasteiger partial charge in [0.25, 0.3) is 0 Å². The van der Waals surface area contributed by atoms with Crippen molar-refractivity contribution in [1.29, 1.82) is 0 Å². The molecular formula is C12H19N3OS. The molecule has 0 radical (unpaired) electrons. The number of thiazole rings is 1. The van der Waals surface area contributed by atoms with Crippen molar-refractivity contribution >= 4 is 17.2 Å². The second kappa shape index (κ2) is 5.14. The van der Waals surface area contributed by atoms with Crippen molar-refractivity contribution in [1.82, 2.24) is 10.3 Å². The van der Waals surface area contributed by atoms with Crippen LogP contribution >= 0.6 is 11.3 Å². The third kappa shape index (κ3) is 2.84. The maximum absolute atomic E-state index is 12.2. The van der Waals surface area contributed by atoms with Crippen LogP contribution in [-0.4, -0.2) is 16.4 Å². The maximum atomic E-state index is 12.2. The molecule has 1 aromatic rings. The van der Waals surface area contributed by atoms with Crippen LogP contribution in [0.15, 0.2) is 11.6 Å². The molecule has 4 nitrogen and oxygen atoms in total. The van der Waals surface area contributed by atoms with E-state index in [-0.39, 0.29) is 11.9 Å². The Hall–Kier alpha value is -0.940. The molecule has 3 N–H and O–H groups in total. The minimum atomic E-state index is -0.663. The molecule has 5 heteroatoms. The van der Waals surface area contributed by atoms with Crippen molar-refractivity contribution in [3.05, 3.63) is 16.6 Å². The van der Waals surface area contributed by atoms with Crippen LogP contribution in [0.3, 0.4) is 0 Å². The average Bonchev–Trinajstić information content (AvgIpc) is 2.83. The highest BCUT2D eigenvalue weighted by molar-refractivity contribution is 7.09. The van der Waals surface area contributed by atoms with Gasteiger partial charge in [-0.1, -0.05) is 19.3 Å². The van der Waals surface area contributed by atoms with E-state index in [0.29, 0.717) is 0 Å². The Morgan fingerprint density at radius 2 is 2.24 bits per heavy atom. The van der Waals surface area contributed by atoms with Crippen LogP contribution in [0.25, 0.3) is 0 Å². The Morgan fingerprint density at radius 3 is 2.82 bits per heavy atom. The van der Waals surface area contributed by atoms with Gasteiger partial charge in [0.1, 0.15) is 5.01 Å². The smallest absolute Gasteiger partial charge is 0.240 e. The summed E-state index contributed by atoms with van der Waals surface area (Å²) in [5.41, 5.74) is 5.51. The predicted molar refractivity (Wildman–Crippen MR) is 68.7 cm³/mol. The minimum absolute atomic E-state index is 0.0279. The van der Waals surface area contributed by atoms with Gasteiger partial charge in [-0.3, -0.25) is 4.79 Å². The largest absolute Gasteiger partial charge is 0.346 e. The highest BCUT2D eigenvalue weighted by atomic mass is 32.1. The van der Waals surface area contributed by atoms with E-state index in [1.54, 1.807) is 17.5 Å². The molecule has 0 bridgehead atoms. The zero-order chi connectivity index (χ0) is 12.3. The summed E-state index contributed by atoms with van der Waals surface area (Å²) in [6, 6.07) is -0.0511. The summed E-state index contributed by atoms with van der Waals surface area (Å²) in [4.78, 5) is 16.4. The van der Waals surface area contributed by atoms with Gasteiger partial charge in [-0.15, -0.1) is 11.3 Å². The van der Waals surface area contributed by atoms with Crippen LogP contribution in [-0.2, 0) is 4.79 Å². The van der Waals surface area contributed by atoms with Gasteiger partial charge in [0, 0.05) is 11.6 Å². The zero-order valence-corrected chi connectivity index (χ0v) is 10.9. The number of hydrogen-bond acceptors (Lipinski definition) is 4. The van der Waals surface area contributed by atoms with E-state index in [4.69, 9.17) is 5.73 Å². The van der Waals surface area contributed by atoms with Gasteiger partial charge in [0.2, 0.25) is 5.91 Å². The molecule has 2 rings (SSSR count). The third-order valence-corrected chi connectivity index (χ3v) is 4.33. The fourth-order valence-corrected chi connectivity index (χ4v) is 2.91. The van der Waals surface area contributed by atoms with Gasteiger partial charge in [-0.25, -0.2) is 4.98 Å². The van der Waals surface area contributed by atoms with Crippen LogP contribution in [0.1, 0.15) is 50.1 Å². The van der Waals surface area contributed by atoms with Gasteiger partial charge in [-0.2, -0.15) is 0 Å². The lowest BCUT2D eigenvalue weighted by molar-refractivity contribution is -0.128. The molecule has 1 amide bonds. The van der Waals surface area contributed by atoms with E-state index in [1.165, 1.54) is 6.42 Å². The first-order valence-electron chi connectivity index (χ1n) is 6.11. The van der Waals surface area contributed by atoms with E-state index in [9.17, 15) is 4.79 Å². The van der Waals surface area contributed by atoms with Gasteiger partial charge in [0.15, 0.2) is 0 Å². The fourth-order valence-electron chi connectivity index (χ4n) is 2.26. The molecule has 1 fully saturated rings. The van der Waals surface area contributed by atoms with Crippen LogP contribution in [0.2, 0.25) is 0 Å². The zero-order valence-electron chi connectivity index (χ0n) is 10.1. The Labute approximate surface area is 106 Å². The second-order valence-electron chi connectivity index (χ2n) is 4.78. The van der Waals surface area contributed by atoms with E-state index in [1.807, 2.05) is 12.3 Å². The normalized spacial score (nSPS) is 20.8. The van der Waals surface area contributed by atoms with Crippen molar-refractivity contribution in [3.63, 3.8) is 0 Å². The summed E-state index contributed by atoms with van der Waals surface area (Å²) < 4.78 is 0. The maximum Gasteiger partial charge on any atom is 0.240 e. The van der Waals surface area contributed by atoms with Gasteiger partial charge in [0.05, 0.1) is 11.6 Å². The molecule has 1 unspecified atom stereocenters. The molecule has 0 spiro atoms. The topological polar surface area (TPSA) is 68.0 Å². The molecule has 1 aromatic heterocycles. The molecule has 1 heterocycles. The van der Waals surface area contributed by atoms with Gasteiger partial charge in [-0.05, 0) is 19.8 Å². The summed E-state index contributed by atoms with van der Waals surface area (Å²) in [6.07, 6.45) is 6.63. The monoisotopic (exact) mass is 253 g/mol.